The van der Waals surface area contributed by atoms with Gasteiger partial charge in [-0.3, -0.25) is 0 Å². The molecule has 0 spiro atoms. The summed E-state index contributed by atoms with van der Waals surface area (Å²) in [6, 6.07) is 10.2. The van der Waals surface area contributed by atoms with E-state index < -0.39 is 0 Å². The van der Waals surface area contributed by atoms with Crippen molar-refractivity contribution in [3.05, 3.63) is 48.2 Å². The predicted octanol–water partition coefficient (Wildman–Crippen LogP) is 1.75. The van der Waals surface area contributed by atoms with E-state index in [1.165, 1.54) is 5.56 Å². The van der Waals surface area contributed by atoms with Crippen LogP contribution >= 0.6 is 0 Å². The van der Waals surface area contributed by atoms with E-state index in [0.29, 0.717) is 6.61 Å². The molecule has 0 atom stereocenters. The predicted molar refractivity (Wildman–Crippen MR) is 52.3 cm³/mol. The van der Waals surface area contributed by atoms with Crippen LogP contribution in [0.4, 0.5) is 0 Å². The molecule has 0 radical (unpaired) electrons. The summed E-state index contributed by atoms with van der Waals surface area (Å²) in [4.78, 5) is 0. The number of allylic oxidation sites excluding steroid dienone is 1. The second kappa shape index (κ2) is 6.26. The number of hydrogen-bond donors (Lipinski definition) is 1. The molecule has 70 valence electrons. The third-order valence-electron chi connectivity index (χ3n) is 1.60. The average molecular weight is 178 g/mol. The van der Waals surface area contributed by atoms with Gasteiger partial charge in [-0.1, -0.05) is 30.3 Å². The summed E-state index contributed by atoms with van der Waals surface area (Å²) >= 11 is 0. The quantitative estimate of drug-likeness (QED) is 0.550. The van der Waals surface area contributed by atoms with Crippen molar-refractivity contribution in [1.29, 1.82) is 0 Å². The molecule has 0 bridgehead atoms. The van der Waals surface area contributed by atoms with Gasteiger partial charge in [0.25, 0.3) is 0 Å². The van der Waals surface area contributed by atoms with Crippen molar-refractivity contribution in [3.8, 4) is 0 Å². The zero-order valence-corrected chi connectivity index (χ0v) is 7.52. The molecular formula is C11H14O2. The highest BCUT2D eigenvalue weighted by Crippen LogP contribution is 1.99. The van der Waals surface area contributed by atoms with Gasteiger partial charge in [0.05, 0.1) is 12.9 Å². The molecule has 0 fully saturated rings. The number of ether oxygens (including phenoxy) is 1. The molecule has 0 unspecified atom stereocenters. The minimum Gasteiger partial charge on any atom is -0.499 e. The first kappa shape index (κ1) is 9.81. The van der Waals surface area contributed by atoms with Gasteiger partial charge in [0.2, 0.25) is 0 Å². The average Bonchev–Trinajstić information content (AvgIpc) is 2.19. The molecule has 0 aliphatic rings. The molecule has 2 heteroatoms. The highest BCUT2D eigenvalue weighted by Gasteiger charge is 1.85. The molecule has 0 saturated carbocycles. The maximum Gasteiger partial charge on any atom is 0.110 e. The van der Waals surface area contributed by atoms with E-state index in [4.69, 9.17) is 9.84 Å². The lowest BCUT2D eigenvalue weighted by Crippen LogP contribution is -1.92. The highest BCUT2D eigenvalue weighted by molar-refractivity contribution is 5.16. The fourth-order valence-corrected chi connectivity index (χ4v) is 0.987. The first-order valence-corrected chi connectivity index (χ1v) is 4.35. The van der Waals surface area contributed by atoms with Crippen LogP contribution in [0.25, 0.3) is 0 Å². The Hall–Kier alpha value is -1.28. The Morgan fingerprint density at radius 3 is 2.69 bits per heavy atom. The van der Waals surface area contributed by atoms with Crippen molar-refractivity contribution < 1.29 is 9.84 Å². The summed E-state index contributed by atoms with van der Waals surface area (Å²) < 4.78 is 4.97. The number of aliphatic hydroxyl groups excluding tert-OH is 1. The summed E-state index contributed by atoms with van der Waals surface area (Å²) in [7, 11) is 0. The van der Waals surface area contributed by atoms with Crippen molar-refractivity contribution >= 4 is 0 Å². The monoisotopic (exact) mass is 178 g/mol. The molecule has 0 aromatic heterocycles. The van der Waals surface area contributed by atoms with Crippen LogP contribution < -0.4 is 0 Å². The number of benzene rings is 1. The van der Waals surface area contributed by atoms with Gasteiger partial charge in [-0.05, 0) is 18.1 Å². The minimum atomic E-state index is 0.0652. The van der Waals surface area contributed by atoms with Gasteiger partial charge in [0, 0.05) is 0 Å². The normalized spacial score (nSPS) is 10.5. The van der Waals surface area contributed by atoms with Crippen LogP contribution in [0.1, 0.15) is 5.56 Å². The second-order valence-corrected chi connectivity index (χ2v) is 2.66. The van der Waals surface area contributed by atoms with Gasteiger partial charge >= 0.3 is 0 Å². The van der Waals surface area contributed by atoms with E-state index in [0.717, 1.165) is 6.42 Å². The van der Waals surface area contributed by atoms with Crippen LogP contribution in [-0.2, 0) is 11.2 Å². The Balaban J connectivity index is 2.23. The molecule has 1 N–H and O–H groups in total. The van der Waals surface area contributed by atoms with Crippen LogP contribution in [0.5, 0.6) is 0 Å². The number of hydrogen-bond acceptors (Lipinski definition) is 2. The summed E-state index contributed by atoms with van der Waals surface area (Å²) in [5, 5.41) is 8.42. The molecule has 0 amide bonds. The number of rotatable bonds is 5. The molecule has 1 rings (SSSR count). The van der Waals surface area contributed by atoms with Gasteiger partial charge in [-0.25, -0.2) is 0 Å². The third-order valence-corrected chi connectivity index (χ3v) is 1.60. The molecule has 0 heterocycles. The van der Waals surface area contributed by atoms with E-state index in [2.05, 4.69) is 12.1 Å². The van der Waals surface area contributed by atoms with Crippen molar-refractivity contribution in [2.75, 3.05) is 13.2 Å². The maximum atomic E-state index is 8.42. The van der Waals surface area contributed by atoms with E-state index in [1.54, 1.807) is 6.26 Å². The molecule has 0 aliphatic carbocycles. The Morgan fingerprint density at radius 2 is 2.00 bits per heavy atom. The minimum absolute atomic E-state index is 0.0652. The zero-order chi connectivity index (χ0) is 9.36. The van der Waals surface area contributed by atoms with E-state index in [1.807, 2.05) is 24.3 Å². The molecular weight excluding hydrogens is 164 g/mol. The summed E-state index contributed by atoms with van der Waals surface area (Å²) in [6.45, 7) is 0.432. The second-order valence-electron chi connectivity index (χ2n) is 2.66. The first-order valence-electron chi connectivity index (χ1n) is 4.35. The van der Waals surface area contributed by atoms with Crippen LogP contribution in [-0.4, -0.2) is 18.3 Å². The molecule has 1 aromatic rings. The SMILES string of the molecule is OCCO/C=C/Cc1ccccc1. The number of aliphatic hydroxyl groups is 1. The fourth-order valence-electron chi connectivity index (χ4n) is 0.987. The third kappa shape index (κ3) is 4.33. The van der Waals surface area contributed by atoms with Crippen LogP contribution in [0.2, 0.25) is 0 Å². The smallest absolute Gasteiger partial charge is 0.110 e. The van der Waals surface area contributed by atoms with Gasteiger partial charge < -0.3 is 9.84 Å². The van der Waals surface area contributed by atoms with Crippen LogP contribution in [0, 0.1) is 0 Å². The lowest BCUT2D eigenvalue weighted by Gasteiger charge is -1.96. The Labute approximate surface area is 78.5 Å². The van der Waals surface area contributed by atoms with Crippen LogP contribution in [0.15, 0.2) is 42.7 Å². The van der Waals surface area contributed by atoms with E-state index in [-0.39, 0.29) is 6.61 Å². The highest BCUT2D eigenvalue weighted by atomic mass is 16.5. The Morgan fingerprint density at radius 1 is 1.23 bits per heavy atom. The molecule has 0 aliphatic heterocycles. The fraction of sp³-hybridized carbons (Fsp3) is 0.273. The van der Waals surface area contributed by atoms with Gasteiger partial charge in [0.15, 0.2) is 0 Å². The van der Waals surface area contributed by atoms with E-state index in [9.17, 15) is 0 Å². The van der Waals surface area contributed by atoms with Gasteiger partial charge in [0.1, 0.15) is 6.61 Å². The van der Waals surface area contributed by atoms with Crippen molar-refractivity contribution in [3.63, 3.8) is 0 Å². The Kier molecular flexibility index (Phi) is 4.72. The maximum absolute atomic E-state index is 8.42. The summed E-state index contributed by atoms with van der Waals surface area (Å²) in [6.07, 6.45) is 4.43. The van der Waals surface area contributed by atoms with Gasteiger partial charge in [-0.2, -0.15) is 0 Å². The lowest BCUT2D eigenvalue weighted by atomic mass is 10.2. The first-order chi connectivity index (χ1) is 6.43. The van der Waals surface area contributed by atoms with E-state index >= 15 is 0 Å². The molecule has 0 saturated heterocycles. The summed E-state index contributed by atoms with van der Waals surface area (Å²) in [5.41, 5.74) is 1.26. The zero-order valence-electron chi connectivity index (χ0n) is 7.52. The summed E-state index contributed by atoms with van der Waals surface area (Å²) in [5.74, 6) is 0. The molecule has 13 heavy (non-hydrogen) atoms. The van der Waals surface area contributed by atoms with Gasteiger partial charge in [-0.15, -0.1) is 0 Å². The standard InChI is InChI=1S/C11H14O2/c12-8-10-13-9-4-7-11-5-2-1-3-6-11/h1-6,9,12H,7-8,10H2/b9-4+. The van der Waals surface area contributed by atoms with Crippen molar-refractivity contribution in [1.82, 2.24) is 0 Å². The largest absolute Gasteiger partial charge is 0.499 e. The lowest BCUT2D eigenvalue weighted by molar-refractivity contribution is 0.165. The van der Waals surface area contributed by atoms with Crippen molar-refractivity contribution in [2.45, 2.75) is 6.42 Å². The van der Waals surface area contributed by atoms with Crippen molar-refractivity contribution in [2.24, 2.45) is 0 Å². The topological polar surface area (TPSA) is 29.5 Å². The Bertz CT molecular complexity index is 242. The molecule has 2 nitrogen and oxygen atoms in total. The molecule has 1 aromatic carbocycles. The van der Waals surface area contributed by atoms with Crippen LogP contribution in [0.3, 0.4) is 0 Å².